The molecule has 0 aliphatic carbocycles. The highest BCUT2D eigenvalue weighted by Gasteiger charge is 2.19. The molecule has 0 saturated carbocycles. The molecule has 7 nitrogen and oxygen atoms in total. The Bertz CT molecular complexity index is 939. The SMILES string of the molecule is COc1cc(C(=O)OCC(=O)N(CCC#N)c2cccc(Cl)c2)ccc1OC(C)C. The predicted octanol–water partition coefficient (Wildman–Crippen LogP) is 4.24. The Morgan fingerprint density at radius 3 is 2.57 bits per heavy atom. The Labute approximate surface area is 180 Å². The molecule has 2 aromatic carbocycles. The molecule has 0 radical (unpaired) electrons. The second-order valence-corrected chi connectivity index (χ2v) is 6.98. The highest BCUT2D eigenvalue weighted by Crippen LogP contribution is 2.29. The van der Waals surface area contributed by atoms with Gasteiger partial charge < -0.3 is 19.1 Å². The van der Waals surface area contributed by atoms with Gasteiger partial charge in [0.1, 0.15) is 0 Å². The quantitative estimate of drug-likeness (QED) is 0.553. The fourth-order valence-electron chi connectivity index (χ4n) is 2.64. The maximum atomic E-state index is 12.6. The molecular formula is C22H23ClN2O5. The van der Waals surface area contributed by atoms with Crippen LogP contribution in [0.1, 0.15) is 30.6 Å². The minimum Gasteiger partial charge on any atom is -0.493 e. The smallest absolute Gasteiger partial charge is 0.338 e. The lowest BCUT2D eigenvalue weighted by Crippen LogP contribution is -2.35. The van der Waals surface area contributed by atoms with Crippen molar-refractivity contribution < 1.29 is 23.8 Å². The number of hydrogen-bond donors (Lipinski definition) is 0. The number of carbonyl (C=O) groups excluding carboxylic acids is 2. The average molecular weight is 431 g/mol. The number of hydrogen-bond acceptors (Lipinski definition) is 6. The Morgan fingerprint density at radius 2 is 1.93 bits per heavy atom. The topological polar surface area (TPSA) is 88.9 Å². The van der Waals surface area contributed by atoms with Gasteiger partial charge in [0.25, 0.3) is 5.91 Å². The monoisotopic (exact) mass is 430 g/mol. The molecule has 0 bridgehead atoms. The molecule has 2 rings (SSSR count). The zero-order chi connectivity index (χ0) is 22.1. The third-order valence-corrected chi connectivity index (χ3v) is 4.19. The maximum Gasteiger partial charge on any atom is 0.338 e. The third-order valence-electron chi connectivity index (χ3n) is 3.96. The van der Waals surface area contributed by atoms with Gasteiger partial charge >= 0.3 is 5.97 Å². The first-order valence-electron chi connectivity index (χ1n) is 9.30. The number of benzene rings is 2. The lowest BCUT2D eigenvalue weighted by atomic mass is 10.2. The molecule has 0 N–H and O–H groups in total. The van der Waals surface area contributed by atoms with E-state index in [0.29, 0.717) is 22.2 Å². The molecule has 0 spiro atoms. The molecular weight excluding hydrogens is 408 g/mol. The van der Waals surface area contributed by atoms with Crippen molar-refractivity contribution in [1.82, 2.24) is 0 Å². The highest BCUT2D eigenvalue weighted by molar-refractivity contribution is 6.30. The van der Waals surface area contributed by atoms with Crippen molar-refractivity contribution in [3.63, 3.8) is 0 Å². The summed E-state index contributed by atoms with van der Waals surface area (Å²) in [5, 5.41) is 9.32. The highest BCUT2D eigenvalue weighted by atomic mass is 35.5. The van der Waals surface area contributed by atoms with E-state index in [4.69, 9.17) is 31.1 Å². The average Bonchev–Trinajstić information content (AvgIpc) is 2.72. The first-order chi connectivity index (χ1) is 14.3. The number of carbonyl (C=O) groups is 2. The first-order valence-corrected chi connectivity index (χ1v) is 9.68. The van der Waals surface area contributed by atoms with Crippen LogP contribution in [0.3, 0.4) is 0 Å². The largest absolute Gasteiger partial charge is 0.493 e. The van der Waals surface area contributed by atoms with E-state index in [2.05, 4.69) is 0 Å². The fourth-order valence-corrected chi connectivity index (χ4v) is 2.82. The summed E-state index contributed by atoms with van der Waals surface area (Å²) >= 11 is 6.00. The van der Waals surface area contributed by atoms with Crippen LogP contribution in [0.4, 0.5) is 5.69 Å². The normalized spacial score (nSPS) is 10.3. The van der Waals surface area contributed by atoms with Crippen LogP contribution < -0.4 is 14.4 Å². The van der Waals surface area contributed by atoms with E-state index in [9.17, 15) is 9.59 Å². The van der Waals surface area contributed by atoms with Gasteiger partial charge in [-0.25, -0.2) is 4.79 Å². The summed E-state index contributed by atoms with van der Waals surface area (Å²) < 4.78 is 16.1. The number of halogens is 1. The number of anilines is 1. The molecule has 0 atom stereocenters. The van der Waals surface area contributed by atoms with E-state index in [1.807, 2.05) is 19.9 Å². The fraction of sp³-hybridized carbons (Fsp3) is 0.318. The van der Waals surface area contributed by atoms with Crippen LogP contribution in [0.2, 0.25) is 5.02 Å². The molecule has 158 valence electrons. The van der Waals surface area contributed by atoms with Crippen LogP contribution >= 0.6 is 11.6 Å². The van der Waals surface area contributed by atoms with Crippen molar-refractivity contribution in [1.29, 1.82) is 5.26 Å². The predicted molar refractivity (Wildman–Crippen MR) is 113 cm³/mol. The van der Waals surface area contributed by atoms with Crippen LogP contribution in [0.5, 0.6) is 11.5 Å². The molecule has 0 aliphatic rings. The van der Waals surface area contributed by atoms with Gasteiger partial charge in [-0.1, -0.05) is 17.7 Å². The van der Waals surface area contributed by atoms with E-state index < -0.39 is 18.5 Å². The molecule has 8 heteroatoms. The summed E-state index contributed by atoms with van der Waals surface area (Å²) in [5.74, 6) is -0.250. The van der Waals surface area contributed by atoms with Crippen LogP contribution in [-0.4, -0.2) is 38.2 Å². The molecule has 30 heavy (non-hydrogen) atoms. The first kappa shape index (κ1) is 23.0. The van der Waals surface area contributed by atoms with E-state index in [-0.39, 0.29) is 24.6 Å². The lowest BCUT2D eigenvalue weighted by molar-refractivity contribution is -0.121. The Hall–Kier alpha value is -3.24. The van der Waals surface area contributed by atoms with E-state index in [1.54, 1.807) is 30.3 Å². The van der Waals surface area contributed by atoms with Gasteiger partial charge in [-0.3, -0.25) is 4.79 Å². The van der Waals surface area contributed by atoms with E-state index >= 15 is 0 Å². The van der Waals surface area contributed by atoms with Crippen molar-refractivity contribution in [3.05, 3.63) is 53.1 Å². The van der Waals surface area contributed by atoms with Gasteiger partial charge in [0.2, 0.25) is 0 Å². The summed E-state index contributed by atoms with van der Waals surface area (Å²) in [6.07, 6.45) is 0.0703. The van der Waals surface area contributed by atoms with Crippen LogP contribution in [-0.2, 0) is 9.53 Å². The van der Waals surface area contributed by atoms with Gasteiger partial charge in [0, 0.05) is 17.3 Å². The lowest BCUT2D eigenvalue weighted by Gasteiger charge is -2.22. The van der Waals surface area contributed by atoms with Gasteiger partial charge in [-0.15, -0.1) is 0 Å². The molecule has 0 unspecified atom stereocenters. The molecule has 0 saturated heterocycles. The van der Waals surface area contributed by atoms with Crippen molar-refractivity contribution in [2.45, 2.75) is 26.4 Å². The van der Waals surface area contributed by atoms with Crippen LogP contribution in [0, 0.1) is 11.3 Å². The van der Waals surface area contributed by atoms with Gasteiger partial charge in [-0.2, -0.15) is 5.26 Å². The van der Waals surface area contributed by atoms with E-state index in [0.717, 1.165) is 0 Å². The maximum absolute atomic E-state index is 12.6. The van der Waals surface area contributed by atoms with Gasteiger partial charge in [0.15, 0.2) is 18.1 Å². The molecule has 0 heterocycles. The van der Waals surface area contributed by atoms with Gasteiger partial charge in [-0.05, 0) is 50.2 Å². The van der Waals surface area contributed by atoms with Crippen molar-refractivity contribution in [3.8, 4) is 17.6 Å². The number of methoxy groups -OCH3 is 1. The zero-order valence-corrected chi connectivity index (χ0v) is 17.8. The molecule has 0 fully saturated rings. The minimum absolute atomic E-state index is 0.0554. The summed E-state index contributed by atoms with van der Waals surface area (Å²) in [5.41, 5.74) is 0.748. The molecule has 0 aromatic heterocycles. The molecule has 1 amide bonds. The standard InChI is InChI=1S/C22H23ClN2O5/c1-15(2)30-19-9-8-16(12-20(19)28-3)22(27)29-14-21(26)25(11-5-10-24)18-7-4-6-17(23)13-18/h4,6-9,12-13,15H,5,11,14H2,1-3H3. The number of nitriles is 1. The van der Waals surface area contributed by atoms with Crippen LogP contribution in [0.25, 0.3) is 0 Å². The Balaban J connectivity index is 2.09. The number of ether oxygens (including phenoxy) is 3. The third kappa shape index (κ3) is 6.39. The summed E-state index contributed by atoms with van der Waals surface area (Å²) in [7, 11) is 1.47. The van der Waals surface area contributed by atoms with E-state index in [1.165, 1.54) is 24.1 Å². The number of amides is 1. The van der Waals surface area contributed by atoms with Crippen molar-refractivity contribution in [2.24, 2.45) is 0 Å². The number of nitrogens with zero attached hydrogens (tertiary/aromatic N) is 2. The Morgan fingerprint density at radius 1 is 1.17 bits per heavy atom. The van der Waals surface area contributed by atoms with Crippen molar-refractivity contribution in [2.75, 3.05) is 25.2 Å². The second kappa shape index (κ2) is 11.1. The number of esters is 1. The number of rotatable bonds is 9. The molecule has 2 aromatic rings. The summed E-state index contributed by atoms with van der Waals surface area (Å²) in [6.45, 7) is 3.43. The summed E-state index contributed by atoms with van der Waals surface area (Å²) in [4.78, 5) is 26.4. The second-order valence-electron chi connectivity index (χ2n) is 6.54. The Kier molecular flexibility index (Phi) is 8.51. The summed E-state index contributed by atoms with van der Waals surface area (Å²) in [6, 6.07) is 13.3. The minimum atomic E-state index is -0.677. The van der Waals surface area contributed by atoms with Crippen molar-refractivity contribution >= 4 is 29.2 Å². The van der Waals surface area contributed by atoms with Gasteiger partial charge in [0.05, 0.1) is 31.3 Å². The molecule has 0 aliphatic heterocycles. The zero-order valence-electron chi connectivity index (χ0n) is 17.1. The van der Waals surface area contributed by atoms with Crippen LogP contribution in [0.15, 0.2) is 42.5 Å².